The Hall–Kier alpha value is -2.12. The number of carbonyl (C=O) groups is 1. The van der Waals surface area contributed by atoms with Gasteiger partial charge in [-0.25, -0.2) is 0 Å². The first-order valence-corrected chi connectivity index (χ1v) is 11.4. The van der Waals surface area contributed by atoms with Crippen molar-refractivity contribution in [2.75, 3.05) is 6.61 Å². The topological polar surface area (TPSA) is 50.4 Å². The van der Waals surface area contributed by atoms with Gasteiger partial charge < -0.3 is 10.1 Å². The molecule has 8 heteroatoms. The molecule has 0 unspecified atom stereocenters. The maximum absolute atomic E-state index is 12.5. The van der Waals surface area contributed by atoms with Gasteiger partial charge in [0.15, 0.2) is 5.11 Å². The number of carbonyl (C=O) groups excluding carboxylic acids is 1. The molecule has 0 fully saturated rings. The number of thiocarbonyl (C=S) groups is 1. The van der Waals surface area contributed by atoms with Crippen molar-refractivity contribution < 1.29 is 9.53 Å². The van der Waals surface area contributed by atoms with Crippen LogP contribution >= 0.6 is 51.3 Å². The SMILES string of the molecule is O=C(NC(=S)NCc1ccc(Cl)cc1Cl)c1ccc(OCCc2ccccc2)c(Br)c1. The lowest BCUT2D eigenvalue weighted by Gasteiger charge is -2.12. The van der Waals surface area contributed by atoms with E-state index in [1.54, 1.807) is 36.4 Å². The average molecular weight is 538 g/mol. The van der Waals surface area contributed by atoms with Crippen molar-refractivity contribution in [1.29, 1.82) is 0 Å². The largest absolute Gasteiger partial charge is 0.492 e. The molecule has 0 spiro atoms. The fraction of sp³-hybridized carbons (Fsp3) is 0.130. The summed E-state index contributed by atoms with van der Waals surface area (Å²) in [4.78, 5) is 12.5. The summed E-state index contributed by atoms with van der Waals surface area (Å²) in [6.45, 7) is 0.905. The van der Waals surface area contributed by atoms with Gasteiger partial charge in [-0.1, -0.05) is 59.6 Å². The normalized spacial score (nSPS) is 10.4. The quantitative estimate of drug-likeness (QED) is 0.353. The average Bonchev–Trinajstić information content (AvgIpc) is 2.75. The molecule has 3 aromatic rings. The zero-order valence-corrected chi connectivity index (χ0v) is 20.2. The van der Waals surface area contributed by atoms with Gasteiger partial charge in [-0.2, -0.15) is 0 Å². The molecule has 0 saturated carbocycles. The van der Waals surface area contributed by atoms with Gasteiger partial charge in [-0.15, -0.1) is 0 Å². The molecule has 4 nitrogen and oxygen atoms in total. The van der Waals surface area contributed by atoms with Gasteiger partial charge in [0.2, 0.25) is 0 Å². The lowest BCUT2D eigenvalue weighted by molar-refractivity contribution is 0.0976. The summed E-state index contributed by atoms with van der Waals surface area (Å²) in [6.07, 6.45) is 0.799. The van der Waals surface area contributed by atoms with Crippen LogP contribution in [0.4, 0.5) is 0 Å². The van der Waals surface area contributed by atoms with Crippen molar-refractivity contribution in [3.63, 3.8) is 0 Å². The minimum atomic E-state index is -0.323. The summed E-state index contributed by atoms with van der Waals surface area (Å²) in [5.41, 5.74) is 2.48. The second-order valence-corrected chi connectivity index (χ2v) is 8.71. The standard InChI is InChI=1S/C23H19BrCl2N2O2S/c24-19-12-16(7-9-21(19)30-11-10-15-4-2-1-3-5-15)22(29)28-23(31)27-14-17-6-8-18(25)13-20(17)26/h1-9,12-13H,10-11,14H2,(H2,27,28,29,31). The van der Waals surface area contributed by atoms with Crippen molar-refractivity contribution in [3.05, 3.63) is 97.9 Å². The van der Waals surface area contributed by atoms with Gasteiger partial charge in [-0.3, -0.25) is 10.1 Å². The highest BCUT2D eigenvalue weighted by Crippen LogP contribution is 2.26. The van der Waals surface area contributed by atoms with Crippen molar-refractivity contribution in [3.8, 4) is 5.75 Å². The zero-order valence-electron chi connectivity index (χ0n) is 16.3. The number of hydrogen-bond acceptors (Lipinski definition) is 3. The van der Waals surface area contributed by atoms with E-state index in [2.05, 4.69) is 38.7 Å². The van der Waals surface area contributed by atoms with Gasteiger partial charge in [-0.05, 0) is 69.6 Å². The highest BCUT2D eigenvalue weighted by Gasteiger charge is 2.11. The Labute approximate surface area is 205 Å². The fourth-order valence-corrected chi connectivity index (χ4v) is 3.88. The number of rotatable bonds is 7. The first kappa shape index (κ1) is 23.5. The van der Waals surface area contributed by atoms with Gasteiger partial charge >= 0.3 is 0 Å². The zero-order chi connectivity index (χ0) is 22.2. The van der Waals surface area contributed by atoms with E-state index in [1.165, 1.54) is 5.56 Å². The third-order valence-corrected chi connectivity index (χ3v) is 5.82. The fourth-order valence-electron chi connectivity index (χ4n) is 2.74. The smallest absolute Gasteiger partial charge is 0.257 e. The van der Waals surface area contributed by atoms with Gasteiger partial charge in [0.1, 0.15) is 5.75 Å². The number of ether oxygens (including phenoxy) is 1. The van der Waals surface area contributed by atoms with E-state index in [0.29, 0.717) is 39.0 Å². The van der Waals surface area contributed by atoms with Crippen LogP contribution in [0.1, 0.15) is 21.5 Å². The van der Waals surface area contributed by atoms with Crippen molar-refractivity contribution in [1.82, 2.24) is 10.6 Å². The number of amides is 1. The molecule has 0 aliphatic carbocycles. The van der Waals surface area contributed by atoms with Gasteiger partial charge in [0, 0.05) is 28.6 Å². The second kappa shape index (κ2) is 11.5. The molecule has 0 bridgehead atoms. The van der Waals surface area contributed by atoms with Crippen LogP contribution in [0.3, 0.4) is 0 Å². The molecular formula is C23H19BrCl2N2O2S. The Morgan fingerprint density at radius 3 is 2.52 bits per heavy atom. The highest BCUT2D eigenvalue weighted by atomic mass is 79.9. The van der Waals surface area contributed by atoms with E-state index in [4.69, 9.17) is 40.2 Å². The van der Waals surface area contributed by atoms with E-state index in [0.717, 1.165) is 12.0 Å². The predicted octanol–water partition coefficient (Wildman–Crippen LogP) is 6.18. The van der Waals surface area contributed by atoms with Crippen LogP contribution in [0.25, 0.3) is 0 Å². The van der Waals surface area contributed by atoms with E-state index < -0.39 is 0 Å². The molecular weight excluding hydrogens is 519 g/mol. The van der Waals surface area contributed by atoms with E-state index in [-0.39, 0.29) is 11.0 Å². The molecule has 3 rings (SSSR count). The minimum Gasteiger partial charge on any atom is -0.492 e. The van der Waals surface area contributed by atoms with Crippen molar-refractivity contribution >= 4 is 62.4 Å². The molecule has 0 aliphatic heterocycles. The van der Waals surface area contributed by atoms with E-state index in [9.17, 15) is 4.79 Å². The van der Waals surface area contributed by atoms with E-state index in [1.807, 2.05) is 18.2 Å². The van der Waals surface area contributed by atoms with Crippen LogP contribution in [0, 0.1) is 0 Å². The molecule has 2 N–H and O–H groups in total. The molecule has 0 aliphatic rings. The lowest BCUT2D eigenvalue weighted by atomic mass is 10.2. The molecule has 0 heterocycles. The summed E-state index contributed by atoms with van der Waals surface area (Å²) in [5.74, 6) is 0.349. The molecule has 31 heavy (non-hydrogen) atoms. The molecule has 1 amide bonds. The van der Waals surface area contributed by atoms with Crippen LogP contribution < -0.4 is 15.4 Å². The van der Waals surface area contributed by atoms with E-state index >= 15 is 0 Å². The summed E-state index contributed by atoms with van der Waals surface area (Å²) in [6, 6.07) is 20.5. The van der Waals surface area contributed by atoms with Crippen molar-refractivity contribution in [2.24, 2.45) is 0 Å². The first-order valence-electron chi connectivity index (χ1n) is 9.42. The third-order valence-electron chi connectivity index (χ3n) is 4.37. The summed E-state index contributed by atoms with van der Waals surface area (Å²) >= 11 is 20.7. The van der Waals surface area contributed by atoms with Crippen LogP contribution in [0.5, 0.6) is 5.75 Å². The Morgan fingerprint density at radius 1 is 1.03 bits per heavy atom. The van der Waals surface area contributed by atoms with Crippen LogP contribution in [-0.2, 0) is 13.0 Å². The van der Waals surface area contributed by atoms with Gasteiger partial charge in [0.25, 0.3) is 5.91 Å². The Bertz CT molecular complexity index is 1080. The van der Waals surface area contributed by atoms with Gasteiger partial charge in [0.05, 0.1) is 11.1 Å². The third kappa shape index (κ3) is 7.21. The molecule has 3 aromatic carbocycles. The first-order chi connectivity index (χ1) is 14.9. The molecule has 0 atom stereocenters. The Morgan fingerprint density at radius 2 is 1.81 bits per heavy atom. The number of hydrogen-bond donors (Lipinski definition) is 2. The lowest BCUT2D eigenvalue weighted by Crippen LogP contribution is -2.38. The second-order valence-electron chi connectivity index (χ2n) is 6.60. The summed E-state index contributed by atoms with van der Waals surface area (Å²) < 4.78 is 6.52. The van der Waals surface area contributed by atoms with Crippen LogP contribution in [0.2, 0.25) is 10.0 Å². The van der Waals surface area contributed by atoms with Crippen LogP contribution in [0.15, 0.2) is 71.2 Å². The molecule has 0 radical (unpaired) electrons. The number of benzene rings is 3. The maximum Gasteiger partial charge on any atom is 0.257 e. The molecule has 0 saturated heterocycles. The minimum absolute atomic E-state index is 0.204. The number of halogens is 3. The monoisotopic (exact) mass is 536 g/mol. The molecule has 0 aromatic heterocycles. The Balaban J connectivity index is 1.50. The predicted molar refractivity (Wildman–Crippen MR) is 133 cm³/mol. The highest BCUT2D eigenvalue weighted by molar-refractivity contribution is 9.10. The summed E-state index contributed by atoms with van der Waals surface area (Å²) in [5, 5.41) is 6.91. The van der Waals surface area contributed by atoms with Crippen molar-refractivity contribution in [2.45, 2.75) is 13.0 Å². The number of nitrogens with one attached hydrogen (secondary N) is 2. The molecule has 160 valence electrons. The summed E-state index contributed by atoms with van der Waals surface area (Å²) in [7, 11) is 0. The maximum atomic E-state index is 12.5. The Kier molecular flexibility index (Phi) is 8.72. The van der Waals surface area contributed by atoms with Crippen LogP contribution in [-0.4, -0.2) is 17.6 Å².